The standard InChI is InChI=1S/C17H23ClN2O.ClH/c18-14-9-4-5-10-15(14)19-17(21)16-11-6-12-20(16)13-7-2-1-3-8-13;/h4-5,9-10,13,16H,1-3,6-8,11-12H2,(H,19,21);1H. The Kier molecular flexibility index (Phi) is 6.54. The maximum Gasteiger partial charge on any atom is 0.241 e. The van der Waals surface area contributed by atoms with E-state index < -0.39 is 0 Å². The first-order valence-corrected chi connectivity index (χ1v) is 8.44. The summed E-state index contributed by atoms with van der Waals surface area (Å²) < 4.78 is 0. The highest BCUT2D eigenvalue weighted by atomic mass is 35.5. The van der Waals surface area contributed by atoms with Crippen LogP contribution in [0.25, 0.3) is 0 Å². The van der Waals surface area contributed by atoms with E-state index in [1.165, 1.54) is 32.1 Å². The number of rotatable bonds is 3. The second-order valence-electron chi connectivity index (χ2n) is 6.16. The van der Waals surface area contributed by atoms with Gasteiger partial charge in [-0.3, -0.25) is 9.69 Å². The average Bonchev–Trinajstić information content (AvgIpc) is 3.00. The number of hydrogen-bond acceptors (Lipinski definition) is 2. The summed E-state index contributed by atoms with van der Waals surface area (Å²) in [5.74, 6) is 0.103. The van der Waals surface area contributed by atoms with Gasteiger partial charge >= 0.3 is 0 Å². The van der Waals surface area contributed by atoms with Crippen molar-refractivity contribution in [2.75, 3.05) is 11.9 Å². The SMILES string of the molecule is Cl.O=C(Nc1ccccc1Cl)C1CCCN1C1CCCCC1. The molecule has 1 aliphatic heterocycles. The summed E-state index contributed by atoms with van der Waals surface area (Å²) in [5.41, 5.74) is 0.722. The highest BCUT2D eigenvalue weighted by molar-refractivity contribution is 6.33. The van der Waals surface area contributed by atoms with Crippen molar-refractivity contribution in [1.82, 2.24) is 4.90 Å². The van der Waals surface area contributed by atoms with Crippen molar-refractivity contribution in [3.8, 4) is 0 Å². The van der Waals surface area contributed by atoms with Crippen LogP contribution in [0.5, 0.6) is 0 Å². The number of anilines is 1. The molecule has 3 nitrogen and oxygen atoms in total. The van der Waals surface area contributed by atoms with Gasteiger partial charge in [-0.25, -0.2) is 0 Å². The Balaban J connectivity index is 0.00000176. The van der Waals surface area contributed by atoms with Gasteiger partial charge in [-0.15, -0.1) is 12.4 Å². The zero-order valence-corrected chi connectivity index (χ0v) is 14.3. The van der Waals surface area contributed by atoms with Gasteiger partial charge in [0.15, 0.2) is 0 Å². The van der Waals surface area contributed by atoms with Gasteiger partial charge in [0, 0.05) is 6.04 Å². The molecule has 0 aromatic heterocycles. The lowest BCUT2D eigenvalue weighted by molar-refractivity contribution is -0.121. The fourth-order valence-electron chi connectivity index (χ4n) is 3.70. The largest absolute Gasteiger partial charge is 0.323 e. The predicted octanol–water partition coefficient (Wildman–Crippen LogP) is 4.50. The summed E-state index contributed by atoms with van der Waals surface area (Å²) in [4.78, 5) is 15.0. The van der Waals surface area contributed by atoms with Crippen molar-refractivity contribution >= 4 is 35.6 Å². The molecule has 1 aliphatic carbocycles. The molecule has 0 spiro atoms. The van der Waals surface area contributed by atoms with Crippen molar-refractivity contribution in [3.63, 3.8) is 0 Å². The number of halogens is 2. The Morgan fingerprint density at radius 3 is 2.55 bits per heavy atom. The molecule has 1 N–H and O–H groups in total. The van der Waals surface area contributed by atoms with Crippen molar-refractivity contribution < 1.29 is 4.79 Å². The van der Waals surface area contributed by atoms with Crippen LogP contribution in [0.4, 0.5) is 5.69 Å². The minimum Gasteiger partial charge on any atom is -0.323 e. The van der Waals surface area contributed by atoms with E-state index in [0.717, 1.165) is 25.1 Å². The maximum atomic E-state index is 12.6. The molecular formula is C17H24Cl2N2O. The molecule has 1 saturated carbocycles. The molecule has 2 fully saturated rings. The third-order valence-electron chi connectivity index (χ3n) is 4.77. The van der Waals surface area contributed by atoms with E-state index >= 15 is 0 Å². The van der Waals surface area contributed by atoms with E-state index in [4.69, 9.17) is 11.6 Å². The van der Waals surface area contributed by atoms with Crippen molar-refractivity contribution in [3.05, 3.63) is 29.3 Å². The molecule has 5 heteroatoms. The molecule has 1 atom stereocenters. The van der Waals surface area contributed by atoms with Gasteiger partial charge in [0.05, 0.1) is 16.8 Å². The van der Waals surface area contributed by atoms with Gasteiger partial charge < -0.3 is 5.32 Å². The summed E-state index contributed by atoms with van der Waals surface area (Å²) in [5, 5.41) is 3.61. The van der Waals surface area contributed by atoms with Crippen LogP contribution in [-0.2, 0) is 4.79 Å². The van der Waals surface area contributed by atoms with Crippen LogP contribution in [0.3, 0.4) is 0 Å². The molecule has 2 aliphatic rings. The topological polar surface area (TPSA) is 32.3 Å². The molecule has 1 amide bonds. The second kappa shape index (κ2) is 8.19. The summed E-state index contributed by atoms with van der Waals surface area (Å²) >= 11 is 6.13. The quantitative estimate of drug-likeness (QED) is 0.877. The summed E-state index contributed by atoms with van der Waals surface area (Å²) in [6, 6.07) is 8.06. The maximum absolute atomic E-state index is 12.6. The molecule has 1 saturated heterocycles. The smallest absolute Gasteiger partial charge is 0.241 e. The van der Waals surface area contributed by atoms with E-state index in [-0.39, 0.29) is 24.4 Å². The molecule has 1 heterocycles. The fourth-order valence-corrected chi connectivity index (χ4v) is 3.88. The first-order valence-electron chi connectivity index (χ1n) is 8.07. The number of benzene rings is 1. The Labute approximate surface area is 143 Å². The predicted molar refractivity (Wildman–Crippen MR) is 93.9 cm³/mol. The molecule has 1 aromatic rings. The summed E-state index contributed by atoms with van der Waals surface area (Å²) in [6.07, 6.45) is 8.54. The van der Waals surface area contributed by atoms with Gasteiger partial charge in [0.1, 0.15) is 0 Å². The van der Waals surface area contributed by atoms with Crippen LogP contribution in [-0.4, -0.2) is 29.4 Å². The number of carbonyl (C=O) groups excluding carboxylic acids is 1. The van der Waals surface area contributed by atoms with Crippen molar-refractivity contribution in [2.45, 2.75) is 57.0 Å². The minimum atomic E-state index is 0. The zero-order valence-electron chi connectivity index (χ0n) is 12.8. The monoisotopic (exact) mass is 342 g/mol. The minimum absolute atomic E-state index is 0. The zero-order chi connectivity index (χ0) is 14.7. The van der Waals surface area contributed by atoms with Crippen LogP contribution < -0.4 is 5.32 Å². The molecule has 1 unspecified atom stereocenters. The Bertz CT molecular complexity index is 503. The second-order valence-corrected chi connectivity index (χ2v) is 6.56. The lowest BCUT2D eigenvalue weighted by Crippen LogP contribution is -2.46. The highest BCUT2D eigenvalue weighted by Crippen LogP contribution is 2.30. The number of para-hydroxylation sites is 1. The number of likely N-dealkylation sites (tertiary alicyclic amines) is 1. The van der Waals surface area contributed by atoms with Crippen LogP contribution in [0.1, 0.15) is 44.9 Å². The van der Waals surface area contributed by atoms with Crippen molar-refractivity contribution in [2.24, 2.45) is 0 Å². The fraction of sp³-hybridized carbons (Fsp3) is 0.588. The third kappa shape index (κ3) is 3.95. The average molecular weight is 343 g/mol. The molecule has 22 heavy (non-hydrogen) atoms. The number of amides is 1. The molecule has 1 aromatic carbocycles. The molecule has 3 rings (SSSR count). The van der Waals surface area contributed by atoms with Gasteiger partial charge in [0.2, 0.25) is 5.91 Å². The van der Waals surface area contributed by atoms with Crippen LogP contribution in [0.2, 0.25) is 5.02 Å². The highest BCUT2D eigenvalue weighted by Gasteiger charge is 2.35. The van der Waals surface area contributed by atoms with Crippen LogP contribution in [0.15, 0.2) is 24.3 Å². The summed E-state index contributed by atoms with van der Waals surface area (Å²) in [7, 11) is 0. The lowest BCUT2D eigenvalue weighted by Gasteiger charge is -2.34. The Morgan fingerprint density at radius 2 is 1.82 bits per heavy atom. The van der Waals surface area contributed by atoms with E-state index in [2.05, 4.69) is 10.2 Å². The van der Waals surface area contributed by atoms with Crippen molar-refractivity contribution in [1.29, 1.82) is 0 Å². The van der Waals surface area contributed by atoms with Gasteiger partial charge in [-0.2, -0.15) is 0 Å². The first-order chi connectivity index (χ1) is 10.3. The van der Waals surface area contributed by atoms with Gasteiger partial charge in [0.25, 0.3) is 0 Å². The number of nitrogens with zero attached hydrogens (tertiary/aromatic N) is 1. The number of hydrogen-bond donors (Lipinski definition) is 1. The lowest BCUT2D eigenvalue weighted by atomic mass is 9.93. The van der Waals surface area contributed by atoms with Gasteiger partial charge in [-0.1, -0.05) is 43.0 Å². The van der Waals surface area contributed by atoms with Crippen LogP contribution in [0, 0.1) is 0 Å². The molecule has 122 valence electrons. The number of carbonyl (C=O) groups is 1. The first kappa shape index (κ1) is 17.6. The van der Waals surface area contributed by atoms with Crippen LogP contribution >= 0.6 is 24.0 Å². The third-order valence-corrected chi connectivity index (χ3v) is 5.10. The Hall–Kier alpha value is -0.770. The van der Waals surface area contributed by atoms with Gasteiger partial charge in [-0.05, 0) is 44.4 Å². The summed E-state index contributed by atoms with van der Waals surface area (Å²) in [6.45, 7) is 1.06. The van der Waals surface area contributed by atoms with E-state index in [1.807, 2.05) is 24.3 Å². The normalized spacial score (nSPS) is 23.0. The van der Waals surface area contributed by atoms with E-state index in [1.54, 1.807) is 0 Å². The number of nitrogens with one attached hydrogen (secondary N) is 1. The molecule has 0 bridgehead atoms. The molecule has 0 radical (unpaired) electrons. The molecular weight excluding hydrogens is 319 g/mol. The Morgan fingerprint density at radius 1 is 1.09 bits per heavy atom. The van der Waals surface area contributed by atoms with E-state index in [0.29, 0.717) is 11.1 Å². The van der Waals surface area contributed by atoms with E-state index in [9.17, 15) is 4.79 Å².